The molecule has 0 radical (unpaired) electrons. The third-order valence-corrected chi connectivity index (χ3v) is 4.34. The van der Waals surface area contributed by atoms with Crippen molar-refractivity contribution in [1.29, 1.82) is 0 Å². The van der Waals surface area contributed by atoms with Gasteiger partial charge in [-0.05, 0) is 43.5 Å². The summed E-state index contributed by atoms with van der Waals surface area (Å²) < 4.78 is 56.5. The van der Waals surface area contributed by atoms with E-state index in [0.717, 1.165) is 12.1 Å². The molecule has 0 aliphatic heterocycles. The lowest BCUT2D eigenvalue weighted by atomic mass is 9.80. The van der Waals surface area contributed by atoms with Crippen LogP contribution in [0.25, 0.3) is 0 Å². The predicted octanol–water partition coefficient (Wildman–Crippen LogP) is 3.14. The first-order chi connectivity index (χ1) is 12.2. The molecule has 2 rings (SSSR count). The molecule has 26 heavy (non-hydrogen) atoms. The fraction of sp³-hybridized carbons (Fsp3) is 0.529. The number of hydrogen-bond acceptors (Lipinski definition) is 3. The lowest BCUT2D eigenvalue weighted by Gasteiger charge is -2.30. The number of ether oxygens (including phenoxy) is 1. The number of alkyl halides is 3. The number of hydrogen-bond donors (Lipinski definition) is 2. The van der Waals surface area contributed by atoms with Gasteiger partial charge in [0.05, 0.1) is 12.5 Å². The average Bonchev–Trinajstić information content (AvgIpc) is 2.59. The Morgan fingerprint density at radius 2 is 1.88 bits per heavy atom. The second kappa shape index (κ2) is 8.37. The number of carboxylic acid groups (broad SMARTS) is 1. The molecule has 0 bridgehead atoms. The molecule has 9 heteroatoms. The number of benzene rings is 1. The summed E-state index contributed by atoms with van der Waals surface area (Å²) in [5.41, 5.74) is 0. The Labute approximate surface area is 147 Å². The highest BCUT2D eigenvalue weighted by Gasteiger charge is 2.43. The summed E-state index contributed by atoms with van der Waals surface area (Å²) in [7, 11) is 0. The van der Waals surface area contributed by atoms with Crippen molar-refractivity contribution >= 4 is 11.9 Å². The number of rotatable bonds is 6. The van der Waals surface area contributed by atoms with E-state index < -0.39 is 48.4 Å². The van der Waals surface area contributed by atoms with Crippen molar-refractivity contribution in [2.75, 3.05) is 6.54 Å². The van der Waals surface area contributed by atoms with Crippen LogP contribution >= 0.6 is 0 Å². The zero-order chi connectivity index (χ0) is 19.3. The Morgan fingerprint density at radius 1 is 1.23 bits per heavy atom. The van der Waals surface area contributed by atoms with Crippen LogP contribution in [0.15, 0.2) is 24.3 Å². The second-order valence-electron chi connectivity index (χ2n) is 6.25. The summed E-state index contributed by atoms with van der Waals surface area (Å²) in [6, 6.07) is 4.66. The second-order valence-corrected chi connectivity index (χ2v) is 6.25. The highest BCUT2D eigenvalue weighted by molar-refractivity contribution is 5.80. The van der Waals surface area contributed by atoms with Gasteiger partial charge in [0.15, 0.2) is 0 Å². The quantitative estimate of drug-likeness (QED) is 0.747. The highest BCUT2D eigenvalue weighted by atomic mass is 19.4. The molecule has 0 aromatic heterocycles. The van der Waals surface area contributed by atoms with Crippen LogP contribution in [0.3, 0.4) is 0 Å². The van der Waals surface area contributed by atoms with Gasteiger partial charge in [-0.25, -0.2) is 9.18 Å². The van der Waals surface area contributed by atoms with Gasteiger partial charge in [0.25, 0.3) is 0 Å². The molecule has 1 aliphatic rings. The minimum Gasteiger partial charge on any atom is -0.478 e. The molecule has 0 heterocycles. The number of amides is 1. The molecule has 1 aromatic rings. The molecule has 1 aromatic carbocycles. The summed E-state index contributed by atoms with van der Waals surface area (Å²) >= 11 is 0. The summed E-state index contributed by atoms with van der Waals surface area (Å²) in [6.07, 6.45) is -5.46. The van der Waals surface area contributed by atoms with E-state index in [-0.39, 0.29) is 25.0 Å². The predicted molar refractivity (Wildman–Crippen MR) is 83.0 cm³/mol. The number of nitrogens with one attached hydrogen (secondary N) is 1. The van der Waals surface area contributed by atoms with E-state index >= 15 is 0 Å². The molecule has 5 nitrogen and oxygen atoms in total. The zero-order valence-corrected chi connectivity index (χ0v) is 13.8. The van der Waals surface area contributed by atoms with Gasteiger partial charge in [0.2, 0.25) is 12.0 Å². The maximum Gasteiger partial charge on any atom is 0.391 e. The monoisotopic (exact) mass is 377 g/mol. The minimum atomic E-state index is -4.34. The van der Waals surface area contributed by atoms with E-state index in [1.807, 2.05) is 0 Å². The molecule has 1 saturated carbocycles. The molecule has 1 amide bonds. The van der Waals surface area contributed by atoms with Crippen LogP contribution in [-0.2, 0) is 9.59 Å². The van der Waals surface area contributed by atoms with Crippen molar-refractivity contribution in [2.45, 2.75) is 38.0 Å². The summed E-state index contributed by atoms with van der Waals surface area (Å²) in [4.78, 5) is 23.4. The molecule has 1 aliphatic carbocycles. The first-order valence-corrected chi connectivity index (χ1v) is 8.16. The zero-order valence-electron chi connectivity index (χ0n) is 13.8. The third-order valence-electron chi connectivity index (χ3n) is 4.34. The van der Waals surface area contributed by atoms with Gasteiger partial charge in [-0.1, -0.05) is 6.42 Å². The van der Waals surface area contributed by atoms with Crippen LogP contribution in [-0.4, -0.2) is 35.8 Å². The van der Waals surface area contributed by atoms with Crippen molar-refractivity contribution in [3.63, 3.8) is 0 Å². The Morgan fingerprint density at radius 3 is 2.46 bits per heavy atom. The van der Waals surface area contributed by atoms with Gasteiger partial charge in [0, 0.05) is 5.92 Å². The summed E-state index contributed by atoms with van der Waals surface area (Å²) in [5.74, 6) is -4.72. The van der Waals surface area contributed by atoms with Gasteiger partial charge < -0.3 is 15.2 Å². The molecule has 0 saturated heterocycles. The Kier molecular flexibility index (Phi) is 6.44. The van der Waals surface area contributed by atoms with Gasteiger partial charge in [0.1, 0.15) is 11.6 Å². The van der Waals surface area contributed by atoms with Crippen molar-refractivity contribution in [3.05, 3.63) is 30.1 Å². The fourth-order valence-electron chi connectivity index (χ4n) is 2.92. The number of aliphatic carboxylic acids is 1. The van der Waals surface area contributed by atoms with Crippen molar-refractivity contribution in [3.8, 4) is 5.75 Å². The molecule has 1 fully saturated rings. The largest absolute Gasteiger partial charge is 0.478 e. The van der Waals surface area contributed by atoms with Gasteiger partial charge in [-0.2, -0.15) is 13.2 Å². The molecule has 144 valence electrons. The molecular weight excluding hydrogens is 358 g/mol. The van der Waals surface area contributed by atoms with Crippen molar-refractivity contribution in [2.24, 2.45) is 11.8 Å². The van der Waals surface area contributed by atoms with Crippen LogP contribution in [0, 0.1) is 17.7 Å². The fourth-order valence-corrected chi connectivity index (χ4v) is 2.92. The lowest BCUT2D eigenvalue weighted by Crippen LogP contribution is -2.44. The van der Waals surface area contributed by atoms with Gasteiger partial charge in [-0.15, -0.1) is 0 Å². The van der Waals surface area contributed by atoms with Crippen LogP contribution < -0.4 is 10.1 Å². The molecule has 3 atom stereocenters. The average molecular weight is 377 g/mol. The first kappa shape index (κ1) is 20.0. The standard InChI is InChI=1S/C17H19F4NO4/c18-12-4-6-13(7-5-12)26-14(16(24)25)9-22-15(23)10-2-1-3-11(8-10)17(19,20)21/h4-7,10-11,14H,1-3,8-9H2,(H,22,23)(H,24,25). The van der Waals surface area contributed by atoms with Gasteiger partial charge in [-0.3, -0.25) is 4.79 Å². The summed E-state index contributed by atoms with van der Waals surface area (Å²) in [6.45, 7) is -0.404. The number of carbonyl (C=O) groups excluding carboxylic acids is 1. The number of halogens is 4. The van der Waals surface area contributed by atoms with Crippen LogP contribution in [0.1, 0.15) is 25.7 Å². The maximum absolute atomic E-state index is 12.8. The van der Waals surface area contributed by atoms with Crippen LogP contribution in [0.5, 0.6) is 5.75 Å². The van der Waals surface area contributed by atoms with E-state index in [4.69, 9.17) is 9.84 Å². The van der Waals surface area contributed by atoms with E-state index in [2.05, 4.69) is 5.32 Å². The highest BCUT2D eigenvalue weighted by Crippen LogP contribution is 2.39. The smallest absolute Gasteiger partial charge is 0.391 e. The molecular formula is C17H19F4NO4. The minimum absolute atomic E-state index is 0.00128. The van der Waals surface area contributed by atoms with Crippen molar-refractivity contribution < 1.29 is 37.0 Å². The Hall–Kier alpha value is -2.32. The first-order valence-electron chi connectivity index (χ1n) is 8.16. The van der Waals surface area contributed by atoms with Gasteiger partial charge >= 0.3 is 12.1 Å². The van der Waals surface area contributed by atoms with Crippen molar-refractivity contribution in [1.82, 2.24) is 5.32 Å². The van der Waals surface area contributed by atoms with E-state index in [1.165, 1.54) is 12.1 Å². The number of carboxylic acids is 1. The van der Waals surface area contributed by atoms with E-state index in [1.54, 1.807) is 0 Å². The van der Waals surface area contributed by atoms with E-state index in [9.17, 15) is 27.2 Å². The van der Waals surface area contributed by atoms with Crippen LogP contribution in [0.2, 0.25) is 0 Å². The van der Waals surface area contributed by atoms with Crippen LogP contribution in [0.4, 0.5) is 17.6 Å². The molecule has 2 N–H and O–H groups in total. The normalized spacial score (nSPS) is 21.7. The number of carbonyl (C=O) groups is 2. The SMILES string of the molecule is O=C(NCC(Oc1ccc(F)cc1)C(=O)O)C1CCCC(C(F)(F)F)C1. The molecule has 3 unspecified atom stereocenters. The maximum atomic E-state index is 12.8. The molecule has 0 spiro atoms. The topological polar surface area (TPSA) is 75.6 Å². The summed E-state index contributed by atoms with van der Waals surface area (Å²) in [5, 5.41) is 11.5. The van der Waals surface area contributed by atoms with E-state index in [0.29, 0.717) is 6.42 Å². The Bertz CT molecular complexity index is 633. The lowest BCUT2D eigenvalue weighted by molar-refractivity contribution is -0.186. The third kappa shape index (κ3) is 5.60. The Balaban J connectivity index is 1.90.